The lowest BCUT2D eigenvalue weighted by Crippen LogP contribution is -2.35. The Hall–Kier alpha value is -2.90. The van der Waals surface area contributed by atoms with Crippen molar-refractivity contribution in [3.63, 3.8) is 0 Å². The third-order valence-corrected chi connectivity index (χ3v) is 3.35. The minimum absolute atomic E-state index is 0.0966. The molecule has 148 valence electrons. The molecule has 6 nitrogen and oxygen atoms in total. The van der Waals surface area contributed by atoms with Gasteiger partial charge in [0.1, 0.15) is 0 Å². The Morgan fingerprint density at radius 1 is 1.30 bits per heavy atom. The van der Waals surface area contributed by atoms with Gasteiger partial charge < -0.3 is 19.1 Å². The number of hydrogen-bond donors (Lipinski definition) is 0. The lowest BCUT2D eigenvalue weighted by Gasteiger charge is -2.20. The van der Waals surface area contributed by atoms with Crippen LogP contribution in [0.5, 0.6) is 11.5 Å². The highest BCUT2D eigenvalue weighted by Crippen LogP contribution is 2.29. The fourth-order valence-electron chi connectivity index (χ4n) is 2.12. The summed E-state index contributed by atoms with van der Waals surface area (Å²) in [5, 5.41) is 0. The maximum Gasteiger partial charge on any atom is 0.387 e. The number of nitrogens with zero attached hydrogens (tertiary/aromatic N) is 1. The summed E-state index contributed by atoms with van der Waals surface area (Å²) in [6, 6.07) is 4.20. The van der Waals surface area contributed by atoms with E-state index in [-0.39, 0.29) is 24.0 Å². The average Bonchev–Trinajstić information content (AvgIpc) is 2.62. The molecule has 0 bridgehead atoms. The molecule has 8 heteroatoms. The molecule has 0 fully saturated rings. The first-order valence-electron chi connectivity index (χ1n) is 8.16. The molecule has 1 amide bonds. The van der Waals surface area contributed by atoms with Gasteiger partial charge in [-0.25, -0.2) is 4.79 Å². The molecular weight excluding hydrogens is 360 g/mol. The van der Waals surface area contributed by atoms with Crippen LogP contribution in [-0.4, -0.2) is 50.2 Å². The Kier molecular flexibility index (Phi) is 8.98. The molecular formula is C19H23F2NO5. The van der Waals surface area contributed by atoms with Crippen LogP contribution in [-0.2, 0) is 14.3 Å². The van der Waals surface area contributed by atoms with Gasteiger partial charge >= 0.3 is 12.6 Å². The summed E-state index contributed by atoms with van der Waals surface area (Å²) in [5.74, 6) is -1.05. The van der Waals surface area contributed by atoms with E-state index in [9.17, 15) is 18.4 Å². The van der Waals surface area contributed by atoms with E-state index in [4.69, 9.17) is 9.47 Å². The summed E-state index contributed by atoms with van der Waals surface area (Å²) in [4.78, 5) is 25.3. The summed E-state index contributed by atoms with van der Waals surface area (Å²) in [6.45, 7) is 4.89. The first kappa shape index (κ1) is 22.1. The van der Waals surface area contributed by atoms with Gasteiger partial charge in [0, 0.05) is 19.2 Å². The maximum atomic E-state index is 12.3. The zero-order valence-corrected chi connectivity index (χ0v) is 15.5. The summed E-state index contributed by atoms with van der Waals surface area (Å²) < 4.78 is 38.8. The van der Waals surface area contributed by atoms with Crippen LogP contribution in [0, 0.1) is 0 Å². The first-order valence-corrected chi connectivity index (χ1v) is 8.16. The van der Waals surface area contributed by atoms with Crippen molar-refractivity contribution in [1.82, 2.24) is 4.90 Å². The molecule has 0 spiro atoms. The van der Waals surface area contributed by atoms with E-state index < -0.39 is 12.6 Å². The van der Waals surface area contributed by atoms with Crippen LogP contribution in [0.3, 0.4) is 0 Å². The highest BCUT2D eigenvalue weighted by molar-refractivity contribution is 5.89. The molecule has 0 N–H and O–H groups in total. The van der Waals surface area contributed by atoms with Gasteiger partial charge in [-0.2, -0.15) is 8.78 Å². The number of likely N-dealkylation sites (N-methyl/N-ethyl adjacent to an activating group) is 1. The van der Waals surface area contributed by atoms with Crippen molar-refractivity contribution >= 4 is 18.0 Å². The van der Waals surface area contributed by atoms with Crippen molar-refractivity contribution in [1.29, 1.82) is 0 Å². The molecule has 0 aliphatic rings. The number of ether oxygens (including phenoxy) is 3. The molecule has 0 aliphatic carbocycles. The van der Waals surface area contributed by atoms with Crippen LogP contribution in [0.25, 0.3) is 6.08 Å². The third kappa shape index (κ3) is 7.89. The number of esters is 1. The number of benzene rings is 1. The SMILES string of the molecule is C=C(C)CN(CC)C(=O)COC(=O)/C=C/c1ccc(OC(F)F)c(OC)c1. The molecule has 1 aromatic carbocycles. The molecule has 0 aliphatic heterocycles. The largest absolute Gasteiger partial charge is 0.493 e. The molecule has 0 radical (unpaired) electrons. The maximum absolute atomic E-state index is 12.3. The van der Waals surface area contributed by atoms with Crippen molar-refractivity contribution in [2.24, 2.45) is 0 Å². The van der Waals surface area contributed by atoms with E-state index in [1.807, 2.05) is 6.92 Å². The molecule has 0 saturated heterocycles. The van der Waals surface area contributed by atoms with Gasteiger partial charge in [-0.1, -0.05) is 18.2 Å². The Morgan fingerprint density at radius 2 is 2.00 bits per heavy atom. The van der Waals surface area contributed by atoms with Crippen LogP contribution >= 0.6 is 0 Å². The topological polar surface area (TPSA) is 65.1 Å². The van der Waals surface area contributed by atoms with Gasteiger partial charge in [0.25, 0.3) is 5.91 Å². The third-order valence-electron chi connectivity index (χ3n) is 3.35. The average molecular weight is 383 g/mol. The molecule has 0 saturated carbocycles. The Labute approximate surface area is 157 Å². The highest BCUT2D eigenvalue weighted by atomic mass is 19.3. The van der Waals surface area contributed by atoms with E-state index >= 15 is 0 Å². The molecule has 1 rings (SSSR count). The number of rotatable bonds is 10. The van der Waals surface area contributed by atoms with E-state index in [0.717, 1.165) is 11.6 Å². The lowest BCUT2D eigenvalue weighted by atomic mass is 10.2. The fourth-order valence-corrected chi connectivity index (χ4v) is 2.12. The second-order valence-corrected chi connectivity index (χ2v) is 5.59. The second-order valence-electron chi connectivity index (χ2n) is 5.59. The van der Waals surface area contributed by atoms with Crippen molar-refractivity contribution in [3.05, 3.63) is 42.0 Å². The van der Waals surface area contributed by atoms with E-state index in [1.54, 1.807) is 6.92 Å². The highest BCUT2D eigenvalue weighted by Gasteiger charge is 2.13. The van der Waals surface area contributed by atoms with Crippen LogP contribution in [0.1, 0.15) is 19.4 Å². The zero-order valence-electron chi connectivity index (χ0n) is 15.5. The predicted octanol–water partition coefficient (Wildman–Crippen LogP) is 3.28. The Balaban J connectivity index is 2.65. The number of alkyl halides is 2. The van der Waals surface area contributed by atoms with Gasteiger partial charge in [-0.05, 0) is 37.6 Å². The Bertz CT molecular complexity index is 703. The van der Waals surface area contributed by atoms with E-state index in [2.05, 4.69) is 11.3 Å². The van der Waals surface area contributed by atoms with Crippen molar-refractivity contribution in [2.45, 2.75) is 20.5 Å². The number of amides is 1. The van der Waals surface area contributed by atoms with Gasteiger partial charge in [0.05, 0.1) is 7.11 Å². The molecule has 27 heavy (non-hydrogen) atoms. The summed E-state index contributed by atoms with van der Waals surface area (Å²) in [6.07, 6.45) is 2.54. The minimum atomic E-state index is -2.97. The van der Waals surface area contributed by atoms with Gasteiger partial charge in [-0.15, -0.1) is 0 Å². The summed E-state index contributed by atoms with van der Waals surface area (Å²) in [5.41, 5.74) is 1.33. The number of methoxy groups -OCH3 is 1. The fraction of sp³-hybridized carbons (Fsp3) is 0.368. The van der Waals surface area contributed by atoms with Crippen LogP contribution in [0.15, 0.2) is 36.4 Å². The normalized spacial score (nSPS) is 10.7. The monoisotopic (exact) mass is 383 g/mol. The number of carbonyl (C=O) groups excluding carboxylic acids is 2. The summed E-state index contributed by atoms with van der Waals surface area (Å²) in [7, 11) is 1.31. The van der Waals surface area contributed by atoms with E-state index in [0.29, 0.717) is 18.7 Å². The smallest absolute Gasteiger partial charge is 0.387 e. The standard InChI is InChI=1S/C19H23F2NO5/c1-5-22(11-13(2)3)17(23)12-26-18(24)9-7-14-6-8-15(27-19(20)21)16(10-14)25-4/h6-10,19H,2,5,11-12H2,1,3-4H3/b9-7+. The zero-order chi connectivity index (χ0) is 20.4. The van der Waals surface area contributed by atoms with Gasteiger partial charge in [0.15, 0.2) is 18.1 Å². The first-order chi connectivity index (χ1) is 12.8. The molecule has 0 heterocycles. The van der Waals surface area contributed by atoms with Gasteiger partial charge in [0.2, 0.25) is 0 Å². The minimum Gasteiger partial charge on any atom is -0.493 e. The number of carbonyl (C=O) groups is 2. The molecule has 0 atom stereocenters. The van der Waals surface area contributed by atoms with Crippen LogP contribution in [0.4, 0.5) is 8.78 Å². The number of hydrogen-bond acceptors (Lipinski definition) is 5. The van der Waals surface area contributed by atoms with Crippen molar-refractivity contribution < 1.29 is 32.6 Å². The quantitative estimate of drug-likeness (QED) is 0.352. The van der Waals surface area contributed by atoms with Crippen LogP contribution < -0.4 is 9.47 Å². The summed E-state index contributed by atoms with van der Waals surface area (Å²) >= 11 is 0. The predicted molar refractivity (Wildman–Crippen MR) is 96.7 cm³/mol. The molecule has 0 unspecified atom stereocenters. The lowest BCUT2D eigenvalue weighted by molar-refractivity contribution is -0.147. The van der Waals surface area contributed by atoms with E-state index in [1.165, 1.54) is 36.3 Å². The van der Waals surface area contributed by atoms with Crippen molar-refractivity contribution in [2.75, 3.05) is 26.8 Å². The van der Waals surface area contributed by atoms with Gasteiger partial charge in [-0.3, -0.25) is 4.79 Å². The van der Waals surface area contributed by atoms with Crippen molar-refractivity contribution in [3.8, 4) is 11.5 Å². The van der Waals surface area contributed by atoms with Crippen LogP contribution in [0.2, 0.25) is 0 Å². The Morgan fingerprint density at radius 3 is 2.56 bits per heavy atom. The number of halogens is 2. The molecule has 1 aromatic rings. The second kappa shape index (κ2) is 10.9. The molecule has 0 aromatic heterocycles.